The van der Waals surface area contributed by atoms with Crippen LogP contribution in [0.3, 0.4) is 0 Å². The van der Waals surface area contributed by atoms with Gasteiger partial charge in [0.1, 0.15) is 5.82 Å². The highest BCUT2D eigenvalue weighted by Crippen LogP contribution is 2.35. The van der Waals surface area contributed by atoms with E-state index < -0.39 is 17.8 Å². The highest BCUT2D eigenvalue weighted by Gasteiger charge is 2.25. The quantitative estimate of drug-likeness (QED) is 0.343. The normalized spacial score (nSPS) is 14.9. The van der Waals surface area contributed by atoms with Gasteiger partial charge in [0.2, 0.25) is 0 Å². The lowest BCUT2D eigenvalue weighted by Crippen LogP contribution is -2.40. The minimum absolute atomic E-state index is 0.00386. The first-order chi connectivity index (χ1) is 16.8. The largest absolute Gasteiger partial charge is 0.481 e. The Morgan fingerprint density at radius 2 is 1.86 bits per heavy atom. The second kappa shape index (κ2) is 12.7. The first-order valence-corrected chi connectivity index (χ1v) is 12.4. The Kier molecular flexibility index (Phi) is 9.74. The minimum Gasteiger partial charge on any atom is -0.481 e. The van der Waals surface area contributed by atoms with Gasteiger partial charge in [-0.2, -0.15) is 0 Å². The Morgan fingerprint density at radius 1 is 1.14 bits per heavy atom. The highest BCUT2D eigenvalue weighted by atomic mass is 35.5. The highest BCUT2D eigenvalue weighted by molar-refractivity contribution is 6.30. The molecule has 1 atom stereocenters. The number of carboxylic acid groups (broad SMARTS) is 1. The molecule has 1 unspecified atom stereocenters. The van der Waals surface area contributed by atoms with E-state index in [0.717, 1.165) is 43.1 Å². The van der Waals surface area contributed by atoms with Crippen LogP contribution in [0.2, 0.25) is 5.02 Å². The zero-order valence-corrected chi connectivity index (χ0v) is 20.9. The molecule has 7 nitrogen and oxygen atoms in total. The third-order valence-corrected chi connectivity index (χ3v) is 6.47. The van der Waals surface area contributed by atoms with Crippen LogP contribution in [-0.4, -0.2) is 42.9 Å². The fourth-order valence-corrected chi connectivity index (χ4v) is 4.63. The van der Waals surface area contributed by atoms with Crippen molar-refractivity contribution in [2.45, 2.75) is 57.9 Å². The van der Waals surface area contributed by atoms with E-state index >= 15 is 0 Å². The molecule has 1 heterocycles. The molecule has 190 valence electrons. The van der Waals surface area contributed by atoms with Crippen molar-refractivity contribution in [1.82, 2.24) is 0 Å². The lowest BCUT2D eigenvalue weighted by molar-refractivity contribution is -0.137. The molecule has 0 saturated carbocycles. The Balaban J connectivity index is 1.95. The summed E-state index contributed by atoms with van der Waals surface area (Å²) in [5.74, 6) is -1.70. The summed E-state index contributed by atoms with van der Waals surface area (Å²) in [6, 6.07) is 9.42. The Morgan fingerprint density at radius 3 is 2.49 bits per heavy atom. The molecule has 0 spiro atoms. The minimum atomic E-state index is -0.874. The topological polar surface area (TPSA) is 90.9 Å². The summed E-state index contributed by atoms with van der Waals surface area (Å²) >= 11 is 5.81. The van der Waals surface area contributed by atoms with Crippen LogP contribution < -0.4 is 15.5 Å². The average Bonchev–Trinajstić information content (AvgIpc) is 2.83. The lowest BCUT2D eigenvalue weighted by Gasteiger charge is -2.37. The number of nitrogens with one attached hydrogen (secondary N) is 2. The molecule has 35 heavy (non-hydrogen) atoms. The number of urea groups is 1. The second-order valence-corrected chi connectivity index (χ2v) is 9.16. The smallest absolute Gasteiger partial charge is 0.323 e. The second-order valence-electron chi connectivity index (χ2n) is 8.72. The molecule has 2 amide bonds. The molecular formula is C26H33ClFN3O4. The summed E-state index contributed by atoms with van der Waals surface area (Å²) in [4.78, 5) is 26.6. The SMILES string of the molecule is CCCN(c1ccc(C(CC)CC(=O)O)cc1NC(=O)Nc1ccc(Cl)cc1F)C1CCOCC1. The van der Waals surface area contributed by atoms with Crippen molar-refractivity contribution >= 4 is 40.7 Å². The molecule has 0 radical (unpaired) electrons. The molecule has 2 aromatic rings. The standard InChI is InChI=1S/C26H33ClFN3O4/c1-3-11-31(20-9-12-35-13-10-20)24-8-5-18(17(4-2)15-25(32)33)14-23(24)30-26(34)29-22-7-6-19(27)16-21(22)28/h5-8,14,16-17,20H,3-4,9-13,15H2,1-2H3,(H,32,33)(H2,29,30,34). The number of aliphatic carboxylic acids is 1. The number of halogens is 2. The van der Waals surface area contributed by atoms with Crippen LogP contribution in [0.5, 0.6) is 0 Å². The molecule has 2 aromatic carbocycles. The van der Waals surface area contributed by atoms with Crippen molar-refractivity contribution in [2.24, 2.45) is 0 Å². The first kappa shape index (κ1) is 26.8. The van der Waals surface area contributed by atoms with E-state index in [-0.39, 0.29) is 29.1 Å². The maximum absolute atomic E-state index is 14.2. The summed E-state index contributed by atoms with van der Waals surface area (Å²) in [5, 5.41) is 15.0. The molecule has 0 bridgehead atoms. The van der Waals surface area contributed by atoms with Crippen molar-refractivity contribution in [1.29, 1.82) is 0 Å². The summed E-state index contributed by atoms with van der Waals surface area (Å²) < 4.78 is 19.8. The predicted octanol–water partition coefficient (Wildman–Crippen LogP) is 6.49. The van der Waals surface area contributed by atoms with Crippen LogP contribution in [0.15, 0.2) is 36.4 Å². The van der Waals surface area contributed by atoms with E-state index in [1.54, 1.807) is 0 Å². The van der Waals surface area contributed by atoms with E-state index in [0.29, 0.717) is 25.3 Å². The number of hydrogen-bond donors (Lipinski definition) is 3. The van der Waals surface area contributed by atoms with E-state index in [9.17, 15) is 19.1 Å². The first-order valence-electron chi connectivity index (χ1n) is 12.1. The molecule has 0 aliphatic carbocycles. The van der Waals surface area contributed by atoms with Gasteiger partial charge in [-0.3, -0.25) is 4.79 Å². The van der Waals surface area contributed by atoms with Crippen LogP contribution in [-0.2, 0) is 9.53 Å². The van der Waals surface area contributed by atoms with Gasteiger partial charge in [-0.1, -0.05) is 31.5 Å². The maximum atomic E-state index is 14.2. The molecule has 3 rings (SSSR count). The number of benzene rings is 2. The zero-order valence-electron chi connectivity index (χ0n) is 20.2. The van der Waals surface area contributed by atoms with Crippen molar-refractivity contribution < 1.29 is 23.8 Å². The van der Waals surface area contributed by atoms with Gasteiger partial charge in [0.15, 0.2) is 0 Å². The van der Waals surface area contributed by atoms with Crippen molar-refractivity contribution in [3.05, 3.63) is 52.8 Å². The van der Waals surface area contributed by atoms with Gasteiger partial charge in [-0.25, -0.2) is 9.18 Å². The zero-order chi connectivity index (χ0) is 25.4. The monoisotopic (exact) mass is 505 g/mol. The van der Waals surface area contributed by atoms with Crippen molar-refractivity contribution in [3.63, 3.8) is 0 Å². The summed E-state index contributed by atoms with van der Waals surface area (Å²) in [6.07, 6.45) is 3.30. The van der Waals surface area contributed by atoms with Gasteiger partial charge < -0.3 is 25.4 Å². The Labute approximate surface area is 210 Å². The Hall–Kier alpha value is -2.84. The number of anilines is 3. The fraction of sp³-hybridized carbons (Fsp3) is 0.462. The van der Waals surface area contributed by atoms with Gasteiger partial charge in [-0.15, -0.1) is 0 Å². The number of hydrogen-bond acceptors (Lipinski definition) is 4. The van der Waals surface area contributed by atoms with Gasteiger partial charge >= 0.3 is 12.0 Å². The van der Waals surface area contributed by atoms with Crippen LogP contribution in [0, 0.1) is 5.82 Å². The van der Waals surface area contributed by atoms with Crippen LogP contribution in [0.4, 0.5) is 26.2 Å². The molecular weight excluding hydrogens is 473 g/mol. The molecule has 1 aliphatic heterocycles. The number of ether oxygens (including phenoxy) is 1. The van der Waals surface area contributed by atoms with E-state index in [1.165, 1.54) is 12.1 Å². The molecule has 1 saturated heterocycles. The lowest BCUT2D eigenvalue weighted by atomic mass is 9.92. The molecule has 9 heteroatoms. The molecule has 0 aromatic heterocycles. The van der Waals surface area contributed by atoms with Crippen molar-refractivity contribution in [3.8, 4) is 0 Å². The predicted molar refractivity (Wildman–Crippen MR) is 137 cm³/mol. The van der Waals surface area contributed by atoms with E-state index in [1.807, 2.05) is 25.1 Å². The van der Waals surface area contributed by atoms with Gasteiger partial charge in [0, 0.05) is 30.8 Å². The van der Waals surface area contributed by atoms with E-state index in [2.05, 4.69) is 22.5 Å². The Bertz CT molecular complexity index is 1030. The summed E-state index contributed by atoms with van der Waals surface area (Å²) in [5.41, 5.74) is 2.24. The summed E-state index contributed by atoms with van der Waals surface area (Å²) in [7, 11) is 0. The van der Waals surface area contributed by atoms with Crippen LogP contribution in [0.25, 0.3) is 0 Å². The van der Waals surface area contributed by atoms with Crippen molar-refractivity contribution in [2.75, 3.05) is 35.3 Å². The van der Waals surface area contributed by atoms with Crippen LogP contribution >= 0.6 is 11.6 Å². The van der Waals surface area contributed by atoms with E-state index in [4.69, 9.17) is 16.3 Å². The van der Waals surface area contributed by atoms with Gasteiger partial charge in [0.25, 0.3) is 0 Å². The summed E-state index contributed by atoms with van der Waals surface area (Å²) in [6.45, 7) is 6.19. The number of rotatable bonds is 10. The average molecular weight is 506 g/mol. The number of carbonyl (C=O) groups excluding carboxylic acids is 1. The third kappa shape index (κ3) is 7.32. The molecule has 1 fully saturated rings. The third-order valence-electron chi connectivity index (χ3n) is 6.24. The van der Waals surface area contributed by atoms with Gasteiger partial charge in [0.05, 0.1) is 23.5 Å². The molecule has 1 aliphatic rings. The molecule has 3 N–H and O–H groups in total. The number of nitrogens with zero attached hydrogens (tertiary/aromatic N) is 1. The number of carbonyl (C=O) groups is 2. The maximum Gasteiger partial charge on any atom is 0.323 e. The number of amides is 2. The van der Waals surface area contributed by atoms with Crippen LogP contribution in [0.1, 0.15) is 57.4 Å². The van der Waals surface area contributed by atoms with Gasteiger partial charge in [-0.05, 0) is 67.5 Å². The fourth-order valence-electron chi connectivity index (χ4n) is 4.47. The number of carboxylic acids is 1.